The lowest BCUT2D eigenvalue weighted by Crippen LogP contribution is -2.27. The molecule has 5 heteroatoms. The van der Waals surface area contributed by atoms with Crippen LogP contribution < -0.4 is 0 Å². The lowest BCUT2D eigenvalue weighted by molar-refractivity contribution is 0.0792. The summed E-state index contributed by atoms with van der Waals surface area (Å²) in [6.07, 6.45) is 3.85. The second-order valence-corrected chi connectivity index (χ2v) is 4.22. The summed E-state index contributed by atoms with van der Waals surface area (Å²) in [7, 11) is 1.81. The molecule has 76 valence electrons. The van der Waals surface area contributed by atoms with Gasteiger partial charge in [0.15, 0.2) is 0 Å². The van der Waals surface area contributed by atoms with Crippen molar-refractivity contribution in [3.05, 3.63) is 16.4 Å². The number of halogens is 1. The number of hydrogen-bond donors (Lipinski definition) is 0. The van der Waals surface area contributed by atoms with Gasteiger partial charge in [0.05, 0.1) is 11.8 Å². The average Bonchev–Trinajstić information content (AvgIpc) is 2.77. The van der Waals surface area contributed by atoms with Crippen LogP contribution in [0.4, 0.5) is 0 Å². The van der Waals surface area contributed by atoms with Crippen LogP contribution in [0.3, 0.4) is 0 Å². The van der Waals surface area contributed by atoms with Crippen LogP contribution in [-0.4, -0.2) is 33.7 Å². The van der Waals surface area contributed by atoms with Crippen molar-refractivity contribution in [2.24, 2.45) is 7.05 Å². The summed E-state index contributed by atoms with van der Waals surface area (Å²) in [4.78, 5) is 13.8. The molecule has 1 amide bonds. The van der Waals surface area contributed by atoms with E-state index in [1.807, 2.05) is 11.9 Å². The number of hydrogen-bond acceptors (Lipinski definition) is 2. The molecule has 0 N–H and O–H groups in total. The van der Waals surface area contributed by atoms with Gasteiger partial charge in [-0.15, -0.1) is 0 Å². The summed E-state index contributed by atoms with van der Waals surface area (Å²) in [5.41, 5.74) is 0.661. The van der Waals surface area contributed by atoms with Gasteiger partial charge >= 0.3 is 0 Å². The lowest BCUT2D eigenvalue weighted by Gasteiger charge is -2.13. The zero-order valence-electron chi connectivity index (χ0n) is 8.03. The molecule has 0 unspecified atom stereocenters. The third-order valence-electron chi connectivity index (χ3n) is 2.49. The molecule has 0 bridgehead atoms. The van der Waals surface area contributed by atoms with E-state index in [0.29, 0.717) is 5.56 Å². The predicted octanol–water partition coefficient (Wildman–Crippen LogP) is 1.42. The Labute approximate surface area is 91.0 Å². The Bertz CT molecular complexity index is 355. The van der Waals surface area contributed by atoms with Crippen molar-refractivity contribution in [2.75, 3.05) is 13.1 Å². The monoisotopic (exact) mass is 257 g/mol. The first kappa shape index (κ1) is 9.71. The van der Waals surface area contributed by atoms with Crippen LogP contribution >= 0.6 is 15.9 Å². The third-order valence-corrected chi connectivity index (χ3v) is 3.43. The van der Waals surface area contributed by atoms with Gasteiger partial charge in [-0.05, 0) is 28.8 Å². The quantitative estimate of drug-likeness (QED) is 0.764. The maximum absolute atomic E-state index is 11.9. The van der Waals surface area contributed by atoms with E-state index in [1.165, 1.54) is 0 Å². The van der Waals surface area contributed by atoms with Crippen molar-refractivity contribution in [3.8, 4) is 0 Å². The molecule has 0 radical (unpaired) electrons. The molecular weight excluding hydrogens is 246 g/mol. The Morgan fingerprint density at radius 2 is 2.14 bits per heavy atom. The minimum atomic E-state index is 0.0856. The summed E-state index contributed by atoms with van der Waals surface area (Å²) >= 11 is 3.35. The van der Waals surface area contributed by atoms with Crippen molar-refractivity contribution in [1.29, 1.82) is 0 Å². The standard InChI is InChI=1S/C9H12BrN3O/c1-12-8(10)7(6-11-12)9(14)13-4-2-3-5-13/h6H,2-5H2,1H3. The Morgan fingerprint density at radius 3 is 2.64 bits per heavy atom. The van der Waals surface area contributed by atoms with Gasteiger partial charge in [-0.3, -0.25) is 9.48 Å². The van der Waals surface area contributed by atoms with Gasteiger partial charge in [0.1, 0.15) is 4.60 Å². The molecular formula is C9H12BrN3O. The molecule has 1 saturated heterocycles. The molecule has 14 heavy (non-hydrogen) atoms. The second-order valence-electron chi connectivity index (χ2n) is 3.47. The number of carbonyl (C=O) groups is 1. The van der Waals surface area contributed by atoms with Crippen molar-refractivity contribution >= 4 is 21.8 Å². The van der Waals surface area contributed by atoms with Crippen molar-refractivity contribution in [2.45, 2.75) is 12.8 Å². The summed E-state index contributed by atoms with van der Waals surface area (Å²) in [6.45, 7) is 1.75. The van der Waals surface area contributed by atoms with Crippen LogP contribution in [0, 0.1) is 0 Å². The van der Waals surface area contributed by atoms with Crippen molar-refractivity contribution in [1.82, 2.24) is 14.7 Å². The number of aryl methyl sites for hydroxylation is 1. The first-order valence-corrected chi connectivity index (χ1v) is 5.46. The number of rotatable bonds is 1. The van der Waals surface area contributed by atoms with E-state index in [9.17, 15) is 4.79 Å². The topological polar surface area (TPSA) is 38.1 Å². The van der Waals surface area contributed by atoms with Gasteiger partial charge in [-0.1, -0.05) is 0 Å². The fraction of sp³-hybridized carbons (Fsp3) is 0.556. The van der Waals surface area contributed by atoms with E-state index in [4.69, 9.17) is 0 Å². The Morgan fingerprint density at radius 1 is 1.50 bits per heavy atom. The van der Waals surface area contributed by atoms with E-state index in [1.54, 1.807) is 10.9 Å². The number of likely N-dealkylation sites (tertiary alicyclic amines) is 1. The fourth-order valence-electron chi connectivity index (χ4n) is 1.66. The van der Waals surface area contributed by atoms with Gasteiger partial charge in [0.25, 0.3) is 5.91 Å². The Kier molecular flexibility index (Phi) is 2.58. The van der Waals surface area contributed by atoms with E-state index < -0.39 is 0 Å². The van der Waals surface area contributed by atoms with Crippen molar-refractivity contribution in [3.63, 3.8) is 0 Å². The molecule has 2 heterocycles. The number of amides is 1. The molecule has 4 nitrogen and oxygen atoms in total. The summed E-state index contributed by atoms with van der Waals surface area (Å²) in [5.74, 6) is 0.0856. The van der Waals surface area contributed by atoms with Gasteiger partial charge in [0, 0.05) is 20.1 Å². The van der Waals surface area contributed by atoms with Gasteiger partial charge in [-0.25, -0.2) is 0 Å². The number of carbonyl (C=O) groups excluding carboxylic acids is 1. The van der Waals surface area contributed by atoms with Crippen LogP contribution in [0.25, 0.3) is 0 Å². The molecule has 0 aliphatic carbocycles. The van der Waals surface area contributed by atoms with Crippen LogP contribution in [0.5, 0.6) is 0 Å². The molecule has 1 aromatic rings. The van der Waals surface area contributed by atoms with E-state index in [2.05, 4.69) is 21.0 Å². The SMILES string of the molecule is Cn1ncc(C(=O)N2CCCC2)c1Br. The molecule has 1 fully saturated rings. The lowest BCUT2D eigenvalue weighted by atomic mass is 10.3. The molecule has 2 rings (SSSR count). The molecule has 1 aliphatic rings. The highest BCUT2D eigenvalue weighted by atomic mass is 79.9. The normalized spacial score (nSPS) is 16.3. The zero-order chi connectivity index (χ0) is 10.1. The molecule has 0 saturated carbocycles. The van der Waals surface area contributed by atoms with E-state index in [0.717, 1.165) is 30.5 Å². The Hall–Kier alpha value is -0.840. The largest absolute Gasteiger partial charge is 0.339 e. The highest BCUT2D eigenvalue weighted by Crippen LogP contribution is 2.19. The maximum atomic E-state index is 11.9. The molecule has 1 aliphatic heterocycles. The minimum absolute atomic E-state index is 0.0856. The predicted molar refractivity (Wildman–Crippen MR) is 56.0 cm³/mol. The maximum Gasteiger partial charge on any atom is 0.258 e. The van der Waals surface area contributed by atoms with Crippen LogP contribution in [-0.2, 0) is 7.05 Å². The van der Waals surface area contributed by atoms with E-state index >= 15 is 0 Å². The van der Waals surface area contributed by atoms with Gasteiger partial charge in [0.2, 0.25) is 0 Å². The first-order valence-electron chi connectivity index (χ1n) is 4.67. The van der Waals surface area contributed by atoms with Crippen LogP contribution in [0.1, 0.15) is 23.2 Å². The van der Waals surface area contributed by atoms with Gasteiger partial charge < -0.3 is 4.90 Å². The second kappa shape index (κ2) is 3.73. The van der Waals surface area contributed by atoms with Crippen LogP contribution in [0.2, 0.25) is 0 Å². The Balaban J connectivity index is 2.22. The molecule has 0 atom stereocenters. The third kappa shape index (κ3) is 1.56. The van der Waals surface area contributed by atoms with E-state index in [-0.39, 0.29) is 5.91 Å². The molecule has 0 aromatic carbocycles. The number of aromatic nitrogens is 2. The van der Waals surface area contributed by atoms with Gasteiger partial charge in [-0.2, -0.15) is 5.10 Å². The fourth-order valence-corrected chi connectivity index (χ4v) is 2.02. The first-order chi connectivity index (χ1) is 6.70. The zero-order valence-corrected chi connectivity index (χ0v) is 9.62. The smallest absolute Gasteiger partial charge is 0.258 e. The highest BCUT2D eigenvalue weighted by Gasteiger charge is 2.22. The highest BCUT2D eigenvalue weighted by molar-refractivity contribution is 9.10. The minimum Gasteiger partial charge on any atom is -0.339 e. The molecule has 1 aromatic heterocycles. The summed E-state index contributed by atoms with van der Waals surface area (Å²) in [6, 6.07) is 0. The molecule has 0 spiro atoms. The van der Waals surface area contributed by atoms with Crippen molar-refractivity contribution < 1.29 is 4.79 Å². The summed E-state index contributed by atoms with van der Waals surface area (Å²) in [5, 5.41) is 4.03. The average molecular weight is 258 g/mol. The number of nitrogens with zero attached hydrogens (tertiary/aromatic N) is 3. The summed E-state index contributed by atoms with van der Waals surface area (Å²) < 4.78 is 2.41. The van der Waals surface area contributed by atoms with Crippen LogP contribution in [0.15, 0.2) is 10.8 Å².